The predicted octanol–water partition coefficient (Wildman–Crippen LogP) is 0.715. The maximum atomic E-state index is 11.0. The van der Waals surface area contributed by atoms with Gasteiger partial charge in [-0.2, -0.15) is 0 Å². The van der Waals surface area contributed by atoms with Crippen molar-refractivity contribution in [3.05, 3.63) is 0 Å². The monoisotopic (exact) mass is 214 g/mol. The second-order valence-electron chi connectivity index (χ2n) is 2.39. The molecule has 0 aromatic heterocycles. The van der Waals surface area contributed by atoms with Gasteiger partial charge in [-0.15, -0.1) is 12.3 Å². The van der Waals surface area contributed by atoms with Crippen molar-refractivity contribution in [3.63, 3.8) is 0 Å². The van der Waals surface area contributed by atoms with Crippen molar-refractivity contribution < 1.29 is 9.59 Å². The van der Waals surface area contributed by atoms with E-state index >= 15 is 0 Å². The Hall–Kier alpha value is -0.990. The summed E-state index contributed by atoms with van der Waals surface area (Å²) in [5, 5.41) is 1.27. The first kappa shape index (κ1) is 13.0. The summed E-state index contributed by atoms with van der Waals surface area (Å²) in [4.78, 5) is 21.7. The molecule has 1 fully saturated rings. The van der Waals surface area contributed by atoms with Crippen molar-refractivity contribution in [2.24, 2.45) is 5.73 Å². The highest BCUT2D eigenvalue weighted by atomic mass is 32.2. The largest absolute Gasteiger partial charge is 0.325 e. The summed E-state index contributed by atoms with van der Waals surface area (Å²) in [7, 11) is 0. The fourth-order valence-electron chi connectivity index (χ4n) is 0.895. The summed E-state index contributed by atoms with van der Waals surface area (Å²) in [6.45, 7) is 4.00. The van der Waals surface area contributed by atoms with Gasteiger partial charge in [0.2, 0.25) is 5.91 Å². The Morgan fingerprint density at radius 1 is 1.64 bits per heavy atom. The van der Waals surface area contributed by atoms with Crippen LogP contribution in [0.15, 0.2) is 0 Å². The Morgan fingerprint density at radius 2 is 2.21 bits per heavy atom. The quantitative estimate of drug-likeness (QED) is 0.664. The van der Waals surface area contributed by atoms with Gasteiger partial charge in [-0.3, -0.25) is 14.9 Å². The molecule has 0 bridgehead atoms. The first-order valence-corrected chi connectivity index (χ1v) is 5.23. The zero-order valence-corrected chi connectivity index (χ0v) is 9.06. The zero-order chi connectivity index (χ0) is 11.1. The first-order chi connectivity index (χ1) is 6.65. The minimum atomic E-state index is -0.520. The second kappa shape index (κ2) is 6.46. The summed E-state index contributed by atoms with van der Waals surface area (Å²) in [6, 6.07) is -0.438. The summed E-state index contributed by atoms with van der Waals surface area (Å²) >= 11 is 0.902. The molecular weight excluding hydrogens is 200 g/mol. The second-order valence-corrected chi connectivity index (χ2v) is 3.50. The molecule has 5 heteroatoms. The predicted molar refractivity (Wildman–Crippen MR) is 57.7 cm³/mol. The lowest BCUT2D eigenvalue weighted by atomic mass is 10.1. The molecule has 2 atom stereocenters. The number of carbonyl (C=O) groups is 2. The van der Waals surface area contributed by atoms with Gasteiger partial charge in [0.15, 0.2) is 0 Å². The maximum Gasteiger partial charge on any atom is 0.286 e. The molecule has 0 saturated carbocycles. The molecule has 0 spiro atoms. The minimum absolute atomic E-state index is 0.304. The van der Waals surface area contributed by atoms with Crippen LogP contribution in [-0.2, 0) is 4.79 Å². The van der Waals surface area contributed by atoms with E-state index in [1.165, 1.54) is 0 Å². The highest BCUT2D eigenvalue weighted by molar-refractivity contribution is 8.15. The van der Waals surface area contributed by atoms with Crippen LogP contribution in [0, 0.1) is 12.3 Å². The van der Waals surface area contributed by atoms with Gasteiger partial charge in [-0.25, -0.2) is 0 Å². The third kappa shape index (κ3) is 3.40. The third-order valence-electron chi connectivity index (χ3n) is 1.46. The van der Waals surface area contributed by atoms with E-state index < -0.39 is 11.3 Å². The van der Waals surface area contributed by atoms with E-state index in [2.05, 4.69) is 11.2 Å². The normalized spacial score (nSPS) is 21.7. The number of terminal acetylenes is 1. The Bertz CT molecular complexity index is 260. The Kier molecular flexibility index (Phi) is 6.00. The van der Waals surface area contributed by atoms with Crippen LogP contribution in [0.2, 0.25) is 0 Å². The van der Waals surface area contributed by atoms with E-state index in [4.69, 9.17) is 12.2 Å². The molecule has 1 unspecified atom stereocenters. The van der Waals surface area contributed by atoms with Crippen LogP contribution in [0.4, 0.5) is 4.79 Å². The average Bonchev–Trinajstić information content (AvgIpc) is 2.49. The standard InChI is InChI=1S/C7H8N2O2S.C2H6/c1-2-3-4(8)5-6(10)9-7(11)12-5;1-2/h1,4-5H,3,8H2,(H,9,10,11);1-2H3/t4-,5?;/m0./s1. The van der Waals surface area contributed by atoms with Crippen molar-refractivity contribution in [2.75, 3.05) is 0 Å². The molecule has 0 radical (unpaired) electrons. The van der Waals surface area contributed by atoms with Crippen molar-refractivity contribution in [1.82, 2.24) is 5.32 Å². The zero-order valence-electron chi connectivity index (χ0n) is 8.24. The smallest absolute Gasteiger partial charge is 0.286 e. The number of amides is 2. The van der Waals surface area contributed by atoms with Crippen LogP contribution in [0.25, 0.3) is 0 Å². The van der Waals surface area contributed by atoms with Gasteiger partial charge in [0, 0.05) is 12.5 Å². The molecule has 1 saturated heterocycles. The van der Waals surface area contributed by atoms with Crippen molar-refractivity contribution >= 4 is 22.9 Å². The van der Waals surface area contributed by atoms with Crippen LogP contribution >= 0.6 is 11.8 Å². The molecule has 4 nitrogen and oxygen atoms in total. The number of hydrogen-bond donors (Lipinski definition) is 2. The number of imide groups is 1. The molecule has 3 N–H and O–H groups in total. The third-order valence-corrected chi connectivity index (χ3v) is 2.59. The molecule has 1 aliphatic heterocycles. The number of carbonyl (C=O) groups excluding carboxylic acids is 2. The molecule has 78 valence electrons. The number of nitrogens with one attached hydrogen (secondary N) is 1. The van der Waals surface area contributed by atoms with Gasteiger partial charge < -0.3 is 5.73 Å². The van der Waals surface area contributed by atoms with Crippen LogP contribution in [-0.4, -0.2) is 22.4 Å². The van der Waals surface area contributed by atoms with Crippen molar-refractivity contribution in [1.29, 1.82) is 0 Å². The first-order valence-electron chi connectivity index (χ1n) is 4.35. The molecule has 1 aliphatic rings. The van der Waals surface area contributed by atoms with Crippen LogP contribution in [0.5, 0.6) is 0 Å². The number of rotatable bonds is 2. The Morgan fingerprint density at radius 3 is 2.57 bits per heavy atom. The lowest BCUT2D eigenvalue weighted by molar-refractivity contribution is -0.119. The van der Waals surface area contributed by atoms with E-state index in [9.17, 15) is 9.59 Å². The van der Waals surface area contributed by atoms with Crippen LogP contribution in [0.3, 0.4) is 0 Å². The number of thioether (sulfide) groups is 1. The van der Waals surface area contributed by atoms with Crippen molar-refractivity contribution in [3.8, 4) is 12.3 Å². The Labute approximate surface area is 88.0 Å². The van der Waals surface area contributed by atoms with Crippen molar-refractivity contribution in [2.45, 2.75) is 31.6 Å². The molecule has 0 aromatic carbocycles. The van der Waals surface area contributed by atoms with Gasteiger partial charge in [0.1, 0.15) is 5.25 Å². The van der Waals surface area contributed by atoms with Gasteiger partial charge in [0.25, 0.3) is 5.24 Å². The minimum Gasteiger partial charge on any atom is -0.325 e. The van der Waals surface area contributed by atoms with E-state index in [0.717, 1.165) is 11.8 Å². The van der Waals surface area contributed by atoms with Crippen LogP contribution < -0.4 is 11.1 Å². The topological polar surface area (TPSA) is 72.2 Å². The molecule has 2 amide bonds. The fraction of sp³-hybridized carbons (Fsp3) is 0.556. The molecule has 1 rings (SSSR count). The molecular formula is C9H14N2O2S. The van der Waals surface area contributed by atoms with Gasteiger partial charge in [-0.1, -0.05) is 13.8 Å². The van der Waals surface area contributed by atoms with Gasteiger partial charge in [-0.05, 0) is 11.8 Å². The highest BCUT2D eigenvalue weighted by Crippen LogP contribution is 2.22. The summed E-state index contributed by atoms with van der Waals surface area (Å²) in [5.74, 6) is 2.01. The summed E-state index contributed by atoms with van der Waals surface area (Å²) in [6.07, 6.45) is 5.33. The molecule has 0 aliphatic carbocycles. The lowest BCUT2D eigenvalue weighted by Crippen LogP contribution is -2.38. The average molecular weight is 214 g/mol. The maximum absolute atomic E-state index is 11.0. The van der Waals surface area contributed by atoms with Gasteiger partial charge in [0.05, 0.1) is 0 Å². The lowest BCUT2D eigenvalue weighted by Gasteiger charge is -2.10. The molecule has 0 aromatic rings. The SMILES string of the molecule is C#CC[C@H](N)C1SC(=O)NC1=O.CC. The van der Waals surface area contributed by atoms with E-state index in [0.29, 0.717) is 6.42 Å². The summed E-state index contributed by atoms with van der Waals surface area (Å²) in [5.41, 5.74) is 5.57. The fourth-order valence-corrected chi connectivity index (χ4v) is 1.72. The molecule has 14 heavy (non-hydrogen) atoms. The van der Waals surface area contributed by atoms with E-state index in [1.807, 2.05) is 13.8 Å². The number of hydrogen-bond acceptors (Lipinski definition) is 4. The molecule has 1 heterocycles. The van der Waals surface area contributed by atoms with Gasteiger partial charge >= 0.3 is 0 Å². The van der Waals surface area contributed by atoms with E-state index in [1.54, 1.807) is 0 Å². The van der Waals surface area contributed by atoms with Crippen LogP contribution in [0.1, 0.15) is 20.3 Å². The Balaban J connectivity index is 0.000000791. The summed E-state index contributed by atoms with van der Waals surface area (Å²) < 4.78 is 0. The number of nitrogens with two attached hydrogens (primary N) is 1. The highest BCUT2D eigenvalue weighted by Gasteiger charge is 2.35. The van der Waals surface area contributed by atoms with E-state index in [-0.39, 0.29) is 11.1 Å².